The van der Waals surface area contributed by atoms with Crippen molar-refractivity contribution in [3.8, 4) is 0 Å². The van der Waals surface area contributed by atoms with E-state index in [2.05, 4.69) is 4.72 Å². The van der Waals surface area contributed by atoms with E-state index in [1.165, 1.54) is 6.07 Å². The summed E-state index contributed by atoms with van der Waals surface area (Å²) in [5.41, 5.74) is 5.49. The van der Waals surface area contributed by atoms with Gasteiger partial charge in [-0.15, -0.1) is 0 Å². The van der Waals surface area contributed by atoms with Crippen LogP contribution >= 0.6 is 0 Å². The van der Waals surface area contributed by atoms with Crippen molar-refractivity contribution in [3.05, 3.63) is 35.6 Å². The predicted octanol–water partition coefficient (Wildman–Crippen LogP) is 0.765. The van der Waals surface area contributed by atoms with Crippen molar-refractivity contribution in [3.63, 3.8) is 0 Å². The molecule has 0 saturated carbocycles. The summed E-state index contributed by atoms with van der Waals surface area (Å²) in [5, 5.41) is 0. The van der Waals surface area contributed by atoms with E-state index in [9.17, 15) is 12.8 Å². The Hall–Kier alpha value is -0.980. The highest BCUT2D eigenvalue weighted by Gasteiger charge is 2.16. The minimum atomic E-state index is -3.44. The molecule has 90 valence electrons. The number of nitrogens with one attached hydrogen (secondary N) is 1. The fourth-order valence-corrected chi connectivity index (χ4v) is 2.47. The molecule has 1 atom stereocenters. The summed E-state index contributed by atoms with van der Waals surface area (Å²) in [6, 6.07) is 5.46. The summed E-state index contributed by atoms with van der Waals surface area (Å²) in [7, 11) is -3.44. The average Bonchev–Trinajstić information content (AvgIpc) is 2.17. The molecule has 0 aliphatic heterocycles. The fraction of sp³-hybridized carbons (Fsp3) is 0.400. The van der Waals surface area contributed by atoms with Gasteiger partial charge >= 0.3 is 0 Å². The third-order valence-electron chi connectivity index (χ3n) is 2.11. The van der Waals surface area contributed by atoms with Crippen molar-refractivity contribution in [1.82, 2.24) is 4.72 Å². The molecule has 1 aromatic rings. The smallest absolute Gasteiger partial charge is 0.213 e. The number of nitrogens with two attached hydrogens (primary N) is 1. The molecule has 0 aromatic heterocycles. The molecule has 1 unspecified atom stereocenters. The maximum Gasteiger partial charge on any atom is 0.213 e. The molecular formula is C10H15FN2O2S. The van der Waals surface area contributed by atoms with Gasteiger partial charge in [0.1, 0.15) is 5.82 Å². The van der Waals surface area contributed by atoms with Gasteiger partial charge in [0, 0.05) is 18.2 Å². The first-order valence-electron chi connectivity index (χ1n) is 4.91. The molecule has 3 N–H and O–H groups in total. The van der Waals surface area contributed by atoms with E-state index < -0.39 is 21.9 Å². The summed E-state index contributed by atoms with van der Waals surface area (Å²) >= 11 is 0. The molecule has 4 nitrogen and oxygen atoms in total. The highest BCUT2D eigenvalue weighted by molar-refractivity contribution is 7.89. The minimum absolute atomic E-state index is 0.0410. The number of hydrogen-bond acceptors (Lipinski definition) is 3. The van der Waals surface area contributed by atoms with E-state index in [1.54, 1.807) is 25.1 Å². The summed E-state index contributed by atoms with van der Waals surface area (Å²) < 4.78 is 38.5. The van der Waals surface area contributed by atoms with E-state index in [0.717, 1.165) is 0 Å². The Morgan fingerprint density at radius 1 is 1.44 bits per heavy atom. The quantitative estimate of drug-likeness (QED) is 0.806. The van der Waals surface area contributed by atoms with Crippen molar-refractivity contribution in [2.24, 2.45) is 5.73 Å². The van der Waals surface area contributed by atoms with Crippen LogP contribution in [-0.2, 0) is 10.0 Å². The van der Waals surface area contributed by atoms with Gasteiger partial charge in [-0.2, -0.15) is 0 Å². The van der Waals surface area contributed by atoms with Crippen LogP contribution in [0.1, 0.15) is 18.5 Å². The second-order valence-electron chi connectivity index (χ2n) is 3.47. The largest absolute Gasteiger partial charge is 0.329 e. The Balaban J connectivity index is 2.81. The molecule has 0 bridgehead atoms. The maximum absolute atomic E-state index is 13.3. The fourth-order valence-electron chi connectivity index (χ4n) is 1.37. The minimum Gasteiger partial charge on any atom is -0.329 e. The van der Waals surface area contributed by atoms with Crippen LogP contribution < -0.4 is 10.5 Å². The first-order valence-corrected chi connectivity index (χ1v) is 6.56. The highest BCUT2D eigenvalue weighted by atomic mass is 32.2. The Morgan fingerprint density at radius 3 is 2.62 bits per heavy atom. The van der Waals surface area contributed by atoms with Gasteiger partial charge in [-0.3, -0.25) is 0 Å². The van der Waals surface area contributed by atoms with Crippen molar-refractivity contribution in [2.45, 2.75) is 13.0 Å². The molecule has 0 aliphatic rings. The van der Waals surface area contributed by atoms with Gasteiger partial charge in [0.15, 0.2) is 0 Å². The number of benzene rings is 1. The van der Waals surface area contributed by atoms with Gasteiger partial charge in [-0.1, -0.05) is 18.2 Å². The Labute approximate surface area is 94.7 Å². The Kier molecular flexibility index (Phi) is 4.40. The average molecular weight is 246 g/mol. The molecule has 0 saturated heterocycles. The number of rotatable bonds is 5. The lowest BCUT2D eigenvalue weighted by Gasteiger charge is -2.14. The van der Waals surface area contributed by atoms with Crippen LogP contribution in [-0.4, -0.2) is 20.7 Å². The van der Waals surface area contributed by atoms with Crippen LogP contribution in [0.25, 0.3) is 0 Å². The maximum atomic E-state index is 13.3. The SMILES string of the molecule is CC(NS(=O)(=O)CCN)c1ccccc1F. The van der Waals surface area contributed by atoms with Gasteiger partial charge in [0.2, 0.25) is 10.0 Å². The second-order valence-corrected chi connectivity index (χ2v) is 5.34. The van der Waals surface area contributed by atoms with E-state index in [0.29, 0.717) is 5.56 Å². The Bertz CT molecular complexity index is 448. The lowest BCUT2D eigenvalue weighted by Crippen LogP contribution is -2.32. The van der Waals surface area contributed by atoms with Crippen molar-refractivity contribution < 1.29 is 12.8 Å². The molecule has 0 heterocycles. The molecule has 1 aromatic carbocycles. The van der Waals surface area contributed by atoms with Crippen LogP contribution in [0.4, 0.5) is 4.39 Å². The van der Waals surface area contributed by atoms with Gasteiger partial charge in [-0.05, 0) is 13.0 Å². The van der Waals surface area contributed by atoms with E-state index >= 15 is 0 Å². The molecule has 6 heteroatoms. The van der Waals surface area contributed by atoms with Gasteiger partial charge in [0.25, 0.3) is 0 Å². The van der Waals surface area contributed by atoms with Gasteiger partial charge in [-0.25, -0.2) is 17.5 Å². The Morgan fingerprint density at radius 2 is 2.06 bits per heavy atom. The van der Waals surface area contributed by atoms with E-state index in [1.807, 2.05) is 0 Å². The van der Waals surface area contributed by atoms with Crippen molar-refractivity contribution >= 4 is 10.0 Å². The summed E-state index contributed by atoms with van der Waals surface area (Å²) in [5.74, 6) is -0.586. The van der Waals surface area contributed by atoms with Crippen LogP contribution in [0.5, 0.6) is 0 Å². The molecule has 0 fully saturated rings. The monoisotopic (exact) mass is 246 g/mol. The van der Waals surface area contributed by atoms with Crippen LogP contribution in [0.2, 0.25) is 0 Å². The zero-order valence-electron chi connectivity index (χ0n) is 8.98. The van der Waals surface area contributed by atoms with Gasteiger partial charge < -0.3 is 5.73 Å². The normalized spacial score (nSPS) is 13.7. The van der Waals surface area contributed by atoms with E-state index in [-0.39, 0.29) is 12.3 Å². The molecule has 16 heavy (non-hydrogen) atoms. The van der Waals surface area contributed by atoms with Crippen molar-refractivity contribution in [2.75, 3.05) is 12.3 Å². The van der Waals surface area contributed by atoms with Crippen LogP contribution in [0, 0.1) is 5.82 Å². The zero-order chi connectivity index (χ0) is 12.2. The predicted molar refractivity (Wildman–Crippen MR) is 60.8 cm³/mol. The molecule has 0 radical (unpaired) electrons. The first-order chi connectivity index (χ1) is 7.46. The standard InChI is InChI=1S/C10H15FN2O2S/c1-8(13-16(14,15)7-6-12)9-4-2-3-5-10(9)11/h2-5,8,13H,6-7,12H2,1H3. The van der Waals surface area contributed by atoms with Gasteiger partial charge in [0.05, 0.1) is 5.75 Å². The number of halogens is 1. The third-order valence-corrected chi connectivity index (χ3v) is 3.60. The molecule has 0 spiro atoms. The van der Waals surface area contributed by atoms with E-state index in [4.69, 9.17) is 5.73 Å². The topological polar surface area (TPSA) is 72.2 Å². The lowest BCUT2D eigenvalue weighted by atomic mass is 10.1. The third kappa shape index (κ3) is 3.55. The van der Waals surface area contributed by atoms with Crippen LogP contribution in [0.15, 0.2) is 24.3 Å². The summed E-state index contributed by atoms with van der Waals surface area (Å²) in [6.07, 6.45) is 0. The molecule has 1 rings (SSSR count). The first kappa shape index (κ1) is 13.1. The summed E-state index contributed by atoms with van der Waals surface area (Å²) in [6.45, 7) is 1.63. The summed E-state index contributed by atoms with van der Waals surface area (Å²) in [4.78, 5) is 0. The molecule has 0 aliphatic carbocycles. The highest BCUT2D eigenvalue weighted by Crippen LogP contribution is 2.16. The second kappa shape index (κ2) is 5.38. The number of hydrogen-bond donors (Lipinski definition) is 2. The molecular weight excluding hydrogens is 231 g/mol. The lowest BCUT2D eigenvalue weighted by molar-refractivity contribution is 0.550. The number of sulfonamides is 1. The zero-order valence-corrected chi connectivity index (χ0v) is 9.80. The molecule has 0 amide bonds. The van der Waals surface area contributed by atoms with Crippen LogP contribution in [0.3, 0.4) is 0 Å². The van der Waals surface area contributed by atoms with Crippen molar-refractivity contribution in [1.29, 1.82) is 0 Å².